The monoisotopic (exact) mass is 1460 g/mol. The molecule has 0 bridgehead atoms. The first kappa shape index (κ1) is 88.6. The van der Waals surface area contributed by atoms with Gasteiger partial charge in [-0.15, -0.1) is 0 Å². The second-order valence-corrected chi connectivity index (χ2v) is 25.9. The lowest BCUT2D eigenvalue weighted by Crippen LogP contribution is -2.08. The molecule has 0 unspecified atom stereocenters. The van der Waals surface area contributed by atoms with E-state index in [0.717, 1.165) is 169 Å². The average Bonchev–Trinajstić information content (AvgIpc) is 0.847. The molecular formula is C88H114O18. The highest BCUT2D eigenvalue weighted by Crippen LogP contribution is 2.26. The van der Waals surface area contributed by atoms with Crippen LogP contribution in [0, 0.1) is 6.92 Å². The highest BCUT2D eigenvalue weighted by molar-refractivity contribution is 5.92. The zero-order valence-electron chi connectivity index (χ0n) is 63.7. The molecule has 18 heteroatoms. The lowest BCUT2D eigenvalue weighted by molar-refractivity contribution is -0.144. The number of carbonyl (C=O) groups is 8. The molecule has 0 saturated heterocycles. The van der Waals surface area contributed by atoms with Crippen LogP contribution in [0.3, 0.4) is 0 Å². The number of hydrogen-bond donors (Lipinski definition) is 0. The van der Waals surface area contributed by atoms with Crippen LogP contribution in [0.5, 0.6) is 17.2 Å². The minimum Gasteiger partial charge on any atom is -0.494 e. The molecule has 0 saturated carbocycles. The maximum atomic E-state index is 12.6. The zero-order chi connectivity index (χ0) is 76.8. The molecule has 0 aliphatic rings. The van der Waals surface area contributed by atoms with Crippen molar-refractivity contribution in [1.29, 1.82) is 0 Å². The summed E-state index contributed by atoms with van der Waals surface area (Å²) in [6, 6.07) is 44.1. The van der Waals surface area contributed by atoms with E-state index in [4.69, 9.17) is 42.6 Å². The number of rotatable bonds is 49. The second-order valence-electron chi connectivity index (χ2n) is 25.9. The van der Waals surface area contributed by atoms with E-state index in [1.54, 1.807) is 86.6 Å². The number of esters is 8. The summed E-state index contributed by atoms with van der Waals surface area (Å²) in [7, 11) is 1.35. The summed E-state index contributed by atoms with van der Waals surface area (Å²) in [6.45, 7) is 20.2. The summed E-state index contributed by atoms with van der Waals surface area (Å²) < 4.78 is 52.7. The van der Waals surface area contributed by atoms with Gasteiger partial charge >= 0.3 is 47.8 Å². The summed E-state index contributed by atoms with van der Waals surface area (Å²) in [5, 5.41) is 0. The number of methoxy groups -OCH3 is 1. The van der Waals surface area contributed by atoms with Crippen molar-refractivity contribution >= 4 is 47.8 Å². The van der Waals surface area contributed by atoms with Crippen molar-refractivity contribution in [1.82, 2.24) is 0 Å². The molecule has 0 heterocycles. The van der Waals surface area contributed by atoms with Gasteiger partial charge in [0.15, 0.2) is 0 Å². The summed E-state index contributed by atoms with van der Waals surface area (Å²) in [5.74, 6) is -0.446. The molecule has 6 aromatic carbocycles. The second kappa shape index (κ2) is 54.7. The van der Waals surface area contributed by atoms with E-state index in [-0.39, 0.29) is 41.8 Å². The fourth-order valence-corrected chi connectivity index (χ4v) is 10.5. The molecule has 6 rings (SSSR count). The number of aryl methyl sites for hydroxylation is 1. The fourth-order valence-electron chi connectivity index (χ4n) is 10.5. The molecule has 0 amide bonds. The largest absolute Gasteiger partial charge is 0.494 e. The molecule has 0 radical (unpaired) electrons. The van der Waals surface area contributed by atoms with Crippen LogP contribution in [0.1, 0.15) is 242 Å². The lowest BCUT2D eigenvalue weighted by Gasteiger charge is -2.09. The van der Waals surface area contributed by atoms with Gasteiger partial charge in [0.25, 0.3) is 0 Å². The van der Waals surface area contributed by atoms with Gasteiger partial charge < -0.3 is 47.4 Å². The summed E-state index contributed by atoms with van der Waals surface area (Å²) in [6.07, 6.45) is 24.6. The molecule has 18 nitrogen and oxygen atoms in total. The van der Waals surface area contributed by atoms with Crippen LogP contribution in [0.25, 0.3) is 22.3 Å². The summed E-state index contributed by atoms with van der Waals surface area (Å²) in [5.41, 5.74) is 8.15. The minimum atomic E-state index is -0.454. The Bertz CT molecular complexity index is 3520. The molecule has 0 spiro atoms. The maximum Gasteiger partial charge on any atom is 0.343 e. The van der Waals surface area contributed by atoms with E-state index in [2.05, 4.69) is 56.0 Å². The Morgan fingerprint density at radius 2 is 0.594 bits per heavy atom. The Hall–Kier alpha value is -9.84. The van der Waals surface area contributed by atoms with E-state index in [0.29, 0.717) is 111 Å². The molecule has 0 N–H and O–H groups in total. The van der Waals surface area contributed by atoms with Crippen LogP contribution >= 0.6 is 0 Å². The van der Waals surface area contributed by atoms with Crippen molar-refractivity contribution in [3.8, 4) is 39.5 Å². The van der Waals surface area contributed by atoms with Crippen molar-refractivity contribution in [3.05, 3.63) is 198 Å². The Balaban J connectivity index is 0.000000352. The number of ether oxygens (including phenoxy) is 10. The van der Waals surface area contributed by atoms with Gasteiger partial charge in [0.05, 0.1) is 82.2 Å². The predicted molar refractivity (Wildman–Crippen MR) is 414 cm³/mol. The zero-order valence-corrected chi connectivity index (χ0v) is 63.7. The van der Waals surface area contributed by atoms with Gasteiger partial charge in [0, 0.05) is 24.0 Å². The number of carbonyl (C=O) groups excluding carboxylic acids is 8. The Morgan fingerprint density at radius 3 is 0.972 bits per heavy atom. The third-order valence-electron chi connectivity index (χ3n) is 16.8. The Morgan fingerprint density at radius 1 is 0.302 bits per heavy atom. The van der Waals surface area contributed by atoms with Crippen molar-refractivity contribution in [3.63, 3.8) is 0 Å². The topological polar surface area (TPSA) is 229 Å². The molecule has 574 valence electrons. The third kappa shape index (κ3) is 39.3. The van der Waals surface area contributed by atoms with Crippen molar-refractivity contribution < 1.29 is 85.7 Å². The van der Waals surface area contributed by atoms with E-state index in [9.17, 15) is 38.4 Å². The van der Waals surface area contributed by atoms with Crippen LogP contribution in [-0.4, -0.2) is 108 Å². The summed E-state index contributed by atoms with van der Waals surface area (Å²) >= 11 is 0. The molecule has 106 heavy (non-hydrogen) atoms. The van der Waals surface area contributed by atoms with Gasteiger partial charge in [0.2, 0.25) is 0 Å². The number of hydrogen-bond acceptors (Lipinski definition) is 18. The molecule has 0 aromatic heterocycles. The highest BCUT2D eigenvalue weighted by atomic mass is 16.6. The van der Waals surface area contributed by atoms with E-state index in [1.165, 1.54) is 25.5 Å². The fraction of sp³-hybridized carbons (Fsp3) is 0.455. The molecule has 0 aliphatic carbocycles. The molecule has 0 atom stereocenters. The molecule has 0 fully saturated rings. The van der Waals surface area contributed by atoms with Gasteiger partial charge in [-0.2, -0.15) is 0 Å². The average molecular weight is 1460 g/mol. The molecular weight excluding hydrogens is 1340 g/mol. The van der Waals surface area contributed by atoms with Crippen LogP contribution < -0.4 is 14.2 Å². The van der Waals surface area contributed by atoms with Gasteiger partial charge in [-0.05, 0) is 231 Å². The molecule has 6 aromatic rings. The van der Waals surface area contributed by atoms with Crippen molar-refractivity contribution in [2.45, 2.75) is 202 Å². The van der Waals surface area contributed by atoms with Crippen LogP contribution in [-0.2, 0) is 52.3 Å². The minimum absolute atomic E-state index is 0.0931. The maximum absolute atomic E-state index is 12.6. The highest BCUT2D eigenvalue weighted by Gasteiger charge is 2.14. The first-order valence-corrected chi connectivity index (χ1v) is 37.9. The quantitative estimate of drug-likeness (QED) is 0.0114. The van der Waals surface area contributed by atoms with Gasteiger partial charge in [-0.3, -0.25) is 9.59 Å². The summed E-state index contributed by atoms with van der Waals surface area (Å²) in [4.78, 5) is 94.1. The Labute approximate surface area is 629 Å². The van der Waals surface area contributed by atoms with Gasteiger partial charge in [-0.1, -0.05) is 144 Å². The molecule has 0 aliphatic heterocycles. The first-order valence-electron chi connectivity index (χ1n) is 37.9. The van der Waals surface area contributed by atoms with Crippen LogP contribution in [0.4, 0.5) is 0 Å². The van der Waals surface area contributed by atoms with Crippen molar-refractivity contribution in [2.24, 2.45) is 0 Å². The number of unbranched alkanes of at least 4 members (excludes halogenated alkanes) is 19. The standard InChI is InChI=1S/C36H42O7.C34H48O6.C18H24O5/c1-4-5-6-9-26-42-35(38)30-14-12-28(13-15-30)29-16-22-33(23-17-29)43-36(39)31-18-20-32(21-19-31)40-24-10-7-8-11-25-41-34(37)27(2)3;1-3-38-32(35)16-12-8-6-4-5-7-9-13-17-33(36)39-26-14-10-11-15-27-40-34(37)31-24-22-30(23-25-31)29-20-18-28(2)19-21-29;1-14(2)17(19)23-13-7-5-4-6-12-22-16-10-8-15(9-11-16)18(20)21-3/h12-23H,2,4-11,24-26H2,1,3H3;18-25H,3-17,26-27H2,1-2H3;8-11H,1,4-7,12-13H2,2-3H3. The predicted octanol–water partition coefficient (Wildman–Crippen LogP) is 20.3. The van der Waals surface area contributed by atoms with Crippen LogP contribution in [0.15, 0.2) is 170 Å². The van der Waals surface area contributed by atoms with Gasteiger partial charge in [0.1, 0.15) is 17.2 Å². The first-order chi connectivity index (χ1) is 51.4. The van der Waals surface area contributed by atoms with Crippen molar-refractivity contribution in [2.75, 3.05) is 60.0 Å². The lowest BCUT2D eigenvalue weighted by atomic mass is 10.0. The van der Waals surface area contributed by atoms with E-state index >= 15 is 0 Å². The number of benzene rings is 6. The van der Waals surface area contributed by atoms with E-state index < -0.39 is 5.97 Å². The SMILES string of the molecule is C=C(C)C(=O)OCCCCCCOc1ccc(C(=O)OC)cc1.C=C(C)C(=O)OCCCCCCOc1ccc(C(=O)Oc2ccc(-c3ccc(C(=O)OCCCCCC)cc3)cc2)cc1.CCOC(=O)CCCCCCCCCCC(=O)OCCCCCCOC(=O)c1ccc(-c2ccc(C)cc2)cc1. The third-order valence-corrected chi connectivity index (χ3v) is 16.8. The van der Waals surface area contributed by atoms with Gasteiger partial charge in [-0.25, -0.2) is 28.8 Å². The van der Waals surface area contributed by atoms with Crippen LogP contribution in [0.2, 0.25) is 0 Å². The normalized spacial score (nSPS) is 10.5. The smallest absolute Gasteiger partial charge is 0.343 e. The van der Waals surface area contributed by atoms with E-state index in [1.807, 2.05) is 55.5 Å². The Kier molecular flexibility index (Phi) is 45.7.